The minimum atomic E-state index is -0.447. The van der Waals surface area contributed by atoms with Gasteiger partial charge in [-0.2, -0.15) is 10.1 Å². The zero-order valence-electron chi connectivity index (χ0n) is 17.7. The Hall–Kier alpha value is -3.62. The average Bonchev–Trinajstić information content (AvgIpc) is 3.03. The van der Waals surface area contributed by atoms with Crippen LogP contribution in [0, 0.1) is 20.8 Å². The fraction of sp³-hybridized carbons (Fsp3) is 0.333. The number of carbonyl (C=O) groups is 1. The van der Waals surface area contributed by atoms with Crippen molar-refractivity contribution in [3.63, 3.8) is 0 Å². The first-order chi connectivity index (χ1) is 14.3. The van der Waals surface area contributed by atoms with Crippen LogP contribution in [0.3, 0.4) is 0 Å². The molecule has 3 rings (SSSR count). The second kappa shape index (κ2) is 8.81. The Kier molecular flexibility index (Phi) is 6.20. The number of ether oxygens (including phenoxy) is 2. The summed E-state index contributed by atoms with van der Waals surface area (Å²) in [4.78, 5) is 28.6. The van der Waals surface area contributed by atoms with Crippen LogP contribution in [0.5, 0.6) is 11.5 Å². The summed E-state index contributed by atoms with van der Waals surface area (Å²) in [5.41, 5.74) is 2.55. The van der Waals surface area contributed by atoms with E-state index in [2.05, 4.69) is 15.4 Å². The molecule has 2 heterocycles. The van der Waals surface area contributed by atoms with Crippen molar-refractivity contribution in [1.29, 1.82) is 0 Å². The van der Waals surface area contributed by atoms with Crippen molar-refractivity contribution in [3.8, 4) is 11.5 Å². The number of methoxy groups -OCH3 is 2. The number of hydrogen-bond donors (Lipinski definition) is 1. The van der Waals surface area contributed by atoms with Crippen LogP contribution in [-0.2, 0) is 17.9 Å². The van der Waals surface area contributed by atoms with E-state index in [1.807, 2.05) is 25.1 Å². The molecular formula is C21H25N5O4. The lowest BCUT2D eigenvalue weighted by molar-refractivity contribution is -0.116. The van der Waals surface area contributed by atoms with Gasteiger partial charge in [0.15, 0.2) is 11.5 Å². The van der Waals surface area contributed by atoms with Crippen LogP contribution in [0.25, 0.3) is 0 Å². The molecule has 0 aliphatic carbocycles. The summed E-state index contributed by atoms with van der Waals surface area (Å²) in [5.74, 6) is 1.46. The first kappa shape index (κ1) is 21.1. The molecule has 2 aromatic heterocycles. The van der Waals surface area contributed by atoms with Gasteiger partial charge in [-0.05, 0) is 44.5 Å². The molecule has 0 spiro atoms. The number of benzene rings is 1. The van der Waals surface area contributed by atoms with E-state index in [1.54, 1.807) is 44.9 Å². The fourth-order valence-electron chi connectivity index (χ4n) is 3.21. The molecule has 9 heteroatoms. The third kappa shape index (κ3) is 4.68. The van der Waals surface area contributed by atoms with Crippen LogP contribution in [0.4, 0.5) is 5.82 Å². The SMILES string of the molecule is COc1ccc(Cn2nc(C)cc2NC(=O)Cn2c(C)cc(C)nc2=O)cc1OC. The van der Waals surface area contributed by atoms with Gasteiger partial charge in [-0.3, -0.25) is 9.36 Å². The molecule has 0 aliphatic rings. The summed E-state index contributed by atoms with van der Waals surface area (Å²) in [6.07, 6.45) is 0. The molecule has 0 radical (unpaired) electrons. The number of nitrogens with zero attached hydrogens (tertiary/aromatic N) is 4. The Bertz CT molecular complexity index is 1130. The molecular weight excluding hydrogens is 386 g/mol. The monoisotopic (exact) mass is 411 g/mol. The van der Waals surface area contributed by atoms with Crippen molar-refractivity contribution in [2.75, 3.05) is 19.5 Å². The highest BCUT2D eigenvalue weighted by Gasteiger charge is 2.14. The predicted molar refractivity (Wildman–Crippen MR) is 112 cm³/mol. The molecule has 0 bridgehead atoms. The highest BCUT2D eigenvalue weighted by Crippen LogP contribution is 2.28. The molecule has 0 atom stereocenters. The van der Waals surface area contributed by atoms with E-state index in [0.29, 0.717) is 35.2 Å². The van der Waals surface area contributed by atoms with Crippen molar-refractivity contribution in [3.05, 3.63) is 63.5 Å². The summed E-state index contributed by atoms with van der Waals surface area (Å²) in [6.45, 7) is 5.66. The maximum Gasteiger partial charge on any atom is 0.348 e. The molecule has 0 saturated carbocycles. The Morgan fingerprint density at radius 1 is 1.03 bits per heavy atom. The predicted octanol–water partition coefficient (Wildman–Crippen LogP) is 2.07. The van der Waals surface area contributed by atoms with Crippen LogP contribution in [-0.4, -0.2) is 39.5 Å². The largest absolute Gasteiger partial charge is 0.493 e. The van der Waals surface area contributed by atoms with Gasteiger partial charge in [0.05, 0.1) is 26.5 Å². The smallest absolute Gasteiger partial charge is 0.348 e. The first-order valence-electron chi connectivity index (χ1n) is 9.41. The quantitative estimate of drug-likeness (QED) is 0.639. The van der Waals surface area contributed by atoms with E-state index in [9.17, 15) is 9.59 Å². The van der Waals surface area contributed by atoms with Crippen molar-refractivity contribution in [1.82, 2.24) is 19.3 Å². The number of hydrogen-bond acceptors (Lipinski definition) is 6. The molecule has 9 nitrogen and oxygen atoms in total. The van der Waals surface area contributed by atoms with Gasteiger partial charge in [-0.1, -0.05) is 6.07 Å². The van der Waals surface area contributed by atoms with E-state index in [1.165, 1.54) is 4.57 Å². The lowest BCUT2D eigenvalue weighted by atomic mass is 10.2. The lowest BCUT2D eigenvalue weighted by Gasteiger charge is -2.13. The van der Waals surface area contributed by atoms with E-state index < -0.39 is 5.69 Å². The van der Waals surface area contributed by atoms with E-state index >= 15 is 0 Å². The van der Waals surface area contributed by atoms with E-state index in [0.717, 1.165) is 11.3 Å². The van der Waals surface area contributed by atoms with Gasteiger partial charge in [-0.25, -0.2) is 9.48 Å². The molecule has 0 saturated heterocycles. The molecule has 30 heavy (non-hydrogen) atoms. The lowest BCUT2D eigenvalue weighted by Crippen LogP contribution is -2.31. The Morgan fingerprint density at radius 2 is 1.77 bits per heavy atom. The van der Waals surface area contributed by atoms with Gasteiger partial charge in [-0.15, -0.1) is 0 Å². The second-order valence-corrected chi connectivity index (χ2v) is 6.97. The van der Waals surface area contributed by atoms with E-state index in [4.69, 9.17) is 9.47 Å². The Morgan fingerprint density at radius 3 is 2.43 bits per heavy atom. The molecule has 0 unspecified atom stereocenters. The van der Waals surface area contributed by atoms with Gasteiger partial charge < -0.3 is 14.8 Å². The van der Waals surface area contributed by atoms with Gasteiger partial charge in [0.1, 0.15) is 12.4 Å². The minimum absolute atomic E-state index is 0.126. The summed E-state index contributed by atoms with van der Waals surface area (Å²) >= 11 is 0. The van der Waals surface area contributed by atoms with Crippen molar-refractivity contribution in [2.45, 2.75) is 33.9 Å². The van der Waals surface area contributed by atoms with Crippen LogP contribution in [0.15, 0.2) is 35.1 Å². The Balaban J connectivity index is 1.79. The van der Waals surface area contributed by atoms with Gasteiger partial charge in [0.2, 0.25) is 5.91 Å². The maximum absolute atomic E-state index is 12.6. The summed E-state index contributed by atoms with van der Waals surface area (Å²) in [6, 6.07) is 9.14. The molecule has 1 amide bonds. The van der Waals surface area contributed by atoms with Gasteiger partial charge in [0, 0.05) is 17.5 Å². The van der Waals surface area contributed by atoms with Crippen LogP contribution in [0.2, 0.25) is 0 Å². The molecule has 1 N–H and O–H groups in total. The number of aryl methyl sites for hydroxylation is 3. The minimum Gasteiger partial charge on any atom is -0.493 e. The number of nitrogens with one attached hydrogen (secondary N) is 1. The highest BCUT2D eigenvalue weighted by molar-refractivity contribution is 5.89. The molecule has 1 aromatic carbocycles. The number of anilines is 1. The second-order valence-electron chi connectivity index (χ2n) is 6.97. The number of amides is 1. The number of aromatic nitrogens is 4. The summed E-state index contributed by atoms with van der Waals surface area (Å²) < 4.78 is 13.6. The van der Waals surface area contributed by atoms with Crippen molar-refractivity contribution < 1.29 is 14.3 Å². The third-order valence-corrected chi connectivity index (χ3v) is 4.60. The normalized spacial score (nSPS) is 10.7. The fourth-order valence-corrected chi connectivity index (χ4v) is 3.21. The van der Waals surface area contributed by atoms with Crippen LogP contribution in [0.1, 0.15) is 22.6 Å². The Labute approximate surface area is 174 Å². The zero-order chi connectivity index (χ0) is 21.8. The number of rotatable bonds is 7. The first-order valence-corrected chi connectivity index (χ1v) is 9.41. The standard InChI is InChI=1S/C21H25N5O4/c1-13-8-15(3)25(21(28)22-13)12-20(27)23-19-9-14(2)24-26(19)11-16-6-7-17(29-4)18(10-16)30-5/h6-10H,11-12H2,1-5H3,(H,23,27). The molecule has 0 aliphatic heterocycles. The van der Waals surface area contributed by atoms with Gasteiger partial charge >= 0.3 is 5.69 Å². The molecule has 158 valence electrons. The maximum atomic E-state index is 12.6. The topological polar surface area (TPSA) is 100 Å². The molecule has 3 aromatic rings. The van der Waals surface area contributed by atoms with Crippen molar-refractivity contribution >= 4 is 11.7 Å². The van der Waals surface area contributed by atoms with Gasteiger partial charge in [0.25, 0.3) is 0 Å². The summed E-state index contributed by atoms with van der Waals surface area (Å²) in [5, 5.41) is 7.30. The average molecular weight is 411 g/mol. The summed E-state index contributed by atoms with van der Waals surface area (Å²) in [7, 11) is 3.16. The highest BCUT2D eigenvalue weighted by atomic mass is 16.5. The number of carbonyl (C=O) groups excluding carboxylic acids is 1. The van der Waals surface area contributed by atoms with E-state index in [-0.39, 0.29) is 12.5 Å². The van der Waals surface area contributed by atoms with Crippen LogP contribution >= 0.6 is 0 Å². The third-order valence-electron chi connectivity index (χ3n) is 4.60. The van der Waals surface area contributed by atoms with Crippen LogP contribution < -0.4 is 20.5 Å². The molecule has 0 fully saturated rings. The zero-order valence-corrected chi connectivity index (χ0v) is 17.7. The van der Waals surface area contributed by atoms with Crippen molar-refractivity contribution in [2.24, 2.45) is 0 Å².